The van der Waals surface area contributed by atoms with Gasteiger partial charge in [0.1, 0.15) is 5.82 Å². The molecule has 1 heterocycles. The minimum Gasteiger partial charge on any atom is -0.464 e. The lowest BCUT2D eigenvalue weighted by Crippen LogP contribution is -2.09. The molecule has 5 nitrogen and oxygen atoms in total. The van der Waals surface area contributed by atoms with E-state index in [0.717, 1.165) is 13.0 Å². The second kappa shape index (κ2) is 6.87. The zero-order chi connectivity index (χ0) is 13.5. The van der Waals surface area contributed by atoms with Gasteiger partial charge in [0.15, 0.2) is 5.69 Å². The third-order valence-corrected chi connectivity index (χ3v) is 3.18. The van der Waals surface area contributed by atoms with E-state index in [4.69, 9.17) is 0 Å². The van der Waals surface area contributed by atoms with Crippen LogP contribution in [0.2, 0.25) is 0 Å². The van der Waals surface area contributed by atoms with Crippen molar-refractivity contribution in [1.29, 1.82) is 0 Å². The summed E-state index contributed by atoms with van der Waals surface area (Å²) in [7, 11) is 1.33. The standard InChI is InChI=1S/C14H19N3O2/c1-19-14(18)12-9-17-13(10-16-12)15-8-7-11-5-3-2-4-6-11/h5,9-10H,2-4,6-8H2,1H3,(H,15,17). The Balaban J connectivity index is 1.79. The molecule has 1 aromatic heterocycles. The molecule has 0 radical (unpaired) electrons. The summed E-state index contributed by atoms with van der Waals surface area (Å²) < 4.78 is 4.57. The number of ether oxygens (including phenoxy) is 1. The third-order valence-electron chi connectivity index (χ3n) is 3.18. The number of carbonyl (C=O) groups is 1. The van der Waals surface area contributed by atoms with Gasteiger partial charge in [-0.1, -0.05) is 11.6 Å². The van der Waals surface area contributed by atoms with E-state index in [1.54, 1.807) is 6.20 Å². The topological polar surface area (TPSA) is 64.1 Å². The second-order valence-corrected chi connectivity index (χ2v) is 4.56. The zero-order valence-electron chi connectivity index (χ0n) is 11.2. The Bertz CT molecular complexity index is 454. The van der Waals surface area contributed by atoms with E-state index in [1.807, 2.05) is 0 Å². The number of nitrogens with one attached hydrogen (secondary N) is 1. The largest absolute Gasteiger partial charge is 0.464 e. The van der Waals surface area contributed by atoms with Gasteiger partial charge in [-0.05, 0) is 32.1 Å². The fraction of sp³-hybridized carbons (Fsp3) is 0.500. The normalized spacial score (nSPS) is 14.7. The van der Waals surface area contributed by atoms with Crippen LogP contribution in [0.1, 0.15) is 42.6 Å². The SMILES string of the molecule is COC(=O)c1cnc(NCCC2=CCCCC2)cn1. The van der Waals surface area contributed by atoms with Crippen molar-refractivity contribution < 1.29 is 9.53 Å². The molecule has 0 saturated carbocycles. The van der Waals surface area contributed by atoms with Gasteiger partial charge in [0.2, 0.25) is 0 Å². The van der Waals surface area contributed by atoms with Gasteiger partial charge in [-0.25, -0.2) is 14.8 Å². The predicted octanol–water partition coefficient (Wildman–Crippen LogP) is 2.57. The molecule has 1 aromatic rings. The molecule has 0 spiro atoms. The molecular weight excluding hydrogens is 242 g/mol. The number of carbonyl (C=O) groups excluding carboxylic acids is 1. The first-order valence-corrected chi connectivity index (χ1v) is 6.62. The minimum atomic E-state index is -0.466. The maximum atomic E-state index is 11.2. The third kappa shape index (κ3) is 4.05. The van der Waals surface area contributed by atoms with Crippen molar-refractivity contribution in [2.45, 2.75) is 32.1 Å². The van der Waals surface area contributed by atoms with Gasteiger partial charge in [-0.3, -0.25) is 0 Å². The van der Waals surface area contributed by atoms with Crippen LogP contribution in [0.4, 0.5) is 5.82 Å². The highest BCUT2D eigenvalue weighted by atomic mass is 16.5. The Morgan fingerprint density at radius 1 is 1.37 bits per heavy atom. The number of hydrogen-bond acceptors (Lipinski definition) is 5. The Kier molecular flexibility index (Phi) is 4.89. The second-order valence-electron chi connectivity index (χ2n) is 4.56. The van der Waals surface area contributed by atoms with Crippen LogP contribution in [0, 0.1) is 0 Å². The van der Waals surface area contributed by atoms with Crippen molar-refractivity contribution >= 4 is 11.8 Å². The van der Waals surface area contributed by atoms with Gasteiger partial charge >= 0.3 is 5.97 Å². The van der Waals surface area contributed by atoms with Crippen LogP contribution >= 0.6 is 0 Å². The van der Waals surface area contributed by atoms with Gasteiger partial charge in [0.25, 0.3) is 0 Å². The van der Waals surface area contributed by atoms with Crippen molar-refractivity contribution in [3.8, 4) is 0 Å². The molecule has 0 saturated heterocycles. The van der Waals surface area contributed by atoms with E-state index >= 15 is 0 Å². The average Bonchev–Trinajstić information content (AvgIpc) is 2.48. The maximum absolute atomic E-state index is 11.2. The van der Waals surface area contributed by atoms with E-state index in [1.165, 1.54) is 44.6 Å². The van der Waals surface area contributed by atoms with Crippen molar-refractivity contribution in [1.82, 2.24) is 9.97 Å². The molecule has 0 amide bonds. The number of hydrogen-bond donors (Lipinski definition) is 1. The van der Waals surface area contributed by atoms with Crippen molar-refractivity contribution in [2.24, 2.45) is 0 Å². The molecule has 0 bridgehead atoms. The Labute approximate surface area is 113 Å². The highest BCUT2D eigenvalue weighted by molar-refractivity contribution is 5.86. The lowest BCUT2D eigenvalue weighted by atomic mass is 9.97. The summed E-state index contributed by atoms with van der Waals surface area (Å²) in [4.78, 5) is 19.3. The minimum absolute atomic E-state index is 0.225. The van der Waals surface area contributed by atoms with Crippen LogP contribution in [0.5, 0.6) is 0 Å². The van der Waals surface area contributed by atoms with Gasteiger partial charge in [0.05, 0.1) is 19.5 Å². The monoisotopic (exact) mass is 261 g/mol. The zero-order valence-corrected chi connectivity index (χ0v) is 11.2. The molecule has 102 valence electrons. The molecule has 2 rings (SSSR count). The Morgan fingerprint density at radius 3 is 2.89 bits per heavy atom. The van der Waals surface area contributed by atoms with Crippen LogP contribution in [0.25, 0.3) is 0 Å². The number of anilines is 1. The summed E-state index contributed by atoms with van der Waals surface area (Å²) in [5, 5.41) is 3.21. The van der Waals surface area contributed by atoms with Gasteiger partial charge in [-0.2, -0.15) is 0 Å². The van der Waals surface area contributed by atoms with Gasteiger partial charge < -0.3 is 10.1 Å². The summed E-state index contributed by atoms with van der Waals surface area (Å²) in [6.07, 6.45) is 11.4. The molecule has 0 fully saturated rings. The molecule has 1 N–H and O–H groups in total. The highest BCUT2D eigenvalue weighted by Gasteiger charge is 2.07. The fourth-order valence-corrected chi connectivity index (χ4v) is 2.11. The smallest absolute Gasteiger partial charge is 0.358 e. The van der Waals surface area contributed by atoms with E-state index in [2.05, 4.69) is 26.1 Å². The molecule has 0 unspecified atom stereocenters. The van der Waals surface area contributed by atoms with Crippen molar-refractivity contribution in [2.75, 3.05) is 19.0 Å². The first-order valence-electron chi connectivity index (χ1n) is 6.62. The number of rotatable bonds is 5. The quantitative estimate of drug-likeness (QED) is 0.652. The summed E-state index contributed by atoms with van der Waals surface area (Å²) in [5.74, 6) is 0.218. The molecule has 0 aromatic carbocycles. The molecular formula is C14H19N3O2. The van der Waals surface area contributed by atoms with E-state index < -0.39 is 5.97 Å². The summed E-state index contributed by atoms with van der Waals surface area (Å²) in [5.41, 5.74) is 1.75. The number of allylic oxidation sites excluding steroid dienone is 1. The number of esters is 1. The summed E-state index contributed by atoms with van der Waals surface area (Å²) in [6.45, 7) is 0.845. The average molecular weight is 261 g/mol. The van der Waals surface area contributed by atoms with E-state index in [0.29, 0.717) is 5.82 Å². The van der Waals surface area contributed by atoms with E-state index in [-0.39, 0.29) is 5.69 Å². The lowest BCUT2D eigenvalue weighted by molar-refractivity contribution is 0.0593. The molecule has 1 aliphatic carbocycles. The molecule has 0 atom stereocenters. The lowest BCUT2D eigenvalue weighted by Gasteiger charge is -2.13. The first kappa shape index (κ1) is 13.5. The molecule has 0 aliphatic heterocycles. The summed E-state index contributed by atoms with van der Waals surface area (Å²) in [6, 6.07) is 0. The fourth-order valence-electron chi connectivity index (χ4n) is 2.11. The number of methoxy groups -OCH3 is 1. The predicted molar refractivity (Wildman–Crippen MR) is 73.0 cm³/mol. The Morgan fingerprint density at radius 2 is 2.26 bits per heavy atom. The van der Waals surface area contributed by atoms with Crippen LogP contribution < -0.4 is 5.32 Å². The summed E-state index contributed by atoms with van der Waals surface area (Å²) >= 11 is 0. The molecule has 1 aliphatic rings. The number of nitrogens with zero attached hydrogens (tertiary/aromatic N) is 2. The van der Waals surface area contributed by atoms with Gasteiger partial charge in [-0.15, -0.1) is 0 Å². The van der Waals surface area contributed by atoms with Crippen molar-refractivity contribution in [3.63, 3.8) is 0 Å². The molecule has 19 heavy (non-hydrogen) atoms. The number of aromatic nitrogens is 2. The maximum Gasteiger partial charge on any atom is 0.358 e. The highest BCUT2D eigenvalue weighted by Crippen LogP contribution is 2.19. The van der Waals surface area contributed by atoms with Crippen LogP contribution in [-0.2, 0) is 4.74 Å². The van der Waals surface area contributed by atoms with Crippen molar-refractivity contribution in [3.05, 3.63) is 29.7 Å². The van der Waals surface area contributed by atoms with Gasteiger partial charge in [0, 0.05) is 6.54 Å². The molecule has 5 heteroatoms. The van der Waals surface area contributed by atoms with Crippen LogP contribution in [-0.4, -0.2) is 29.6 Å². The van der Waals surface area contributed by atoms with Crippen LogP contribution in [0.15, 0.2) is 24.0 Å². The van der Waals surface area contributed by atoms with Crippen LogP contribution in [0.3, 0.4) is 0 Å². The first-order chi connectivity index (χ1) is 9.29. The van der Waals surface area contributed by atoms with E-state index in [9.17, 15) is 4.79 Å². The Hall–Kier alpha value is -1.91.